The predicted molar refractivity (Wildman–Crippen MR) is 85.4 cm³/mol. The first kappa shape index (κ1) is 16.2. The van der Waals surface area contributed by atoms with Gasteiger partial charge < -0.3 is 15.5 Å². The third-order valence-corrected chi connectivity index (χ3v) is 4.01. The van der Waals surface area contributed by atoms with Crippen LogP contribution in [0.2, 0.25) is 0 Å². The Labute approximate surface area is 129 Å². The van der Waals surface area contributed by atoms with Gasteiger partial charge in [0.05, 0.1) is 4.92 Å². The van der Waals surface area contributed by atoms with E-state index < -0.39 is 4.92 Å². The molecule has 0 aromatic heterocycles. The maximum absolute atomic E-state index is 11.7. The van der Waals surface area contributed by atoms with Crippen LogP contribution in [0.1, 0.15) is 23.2 Å². The van der Waals surface area contributed by atoms with Crippen molar-refractivity contribution in [3.8, 4) is 0 Å². The monoisotopic (exact) mass is 306 g/mol. The summed E-state index contributed by atoms with van der Waals surface area (Å²) in [6, 6.07) is 4.68. The van der Waals surface area contributed by atoms with Gasteiger partial charge in [0.15, 0.2) is 0 Å². The maximum atomic E-state index is 11.7. The minimum absolute atomic E-state index is 0.00814. The summed E-state index contributed by atoms with van der Waals surface area (Å²) in [5, 5.41) is 17.0. The highest BCUT2D eigenvalue weighted by Gasteiger charge is 2.26. The van der Waals surface area contributed by atoms with Crippen molar-refractivity contribution in [3.05, 3.63) is 33.9 Å². The fourth-order valence-electron chi connectivity index (χ4n) is 2.96. The highest BCUT2D eigenvalue weighted by atomic mass is 16.6. The minimum Gasteiger partial charge on any atom is -0.366 e. The molecule has 1 heterocycles. The fourth-order valence-corrected chi connectivity index (χ4v) is 2.96. The van der Waals surface area contributed by atoms with Crippen molar-refractivity contribution < 1.29 is 9.72 Å². The third-order valence-electron chi connectivity index (χ3n) is 4.01. The average Bonchev–Trinajstić information content (AvgIpc) is 2.54. The van der Waals surface area contributed by atoms with Gasteiger partial charge in [-0.25, -0.2) is 0 Å². The molecule has 1 saturated heterocycles. The topological polar surface area (TPSA) is 87.5 Å². The van der Waals surface area contributed by atoms with Crippen LogP contribution in [0.15, 0.2) is 18.2 Å². The van der Waals surface area contributed by atoms with Crippen molar-refractivity contribution >= 4 is 17.3 Å². The Bertz CT molecular complexity index is 560. The zero-order chi connectivity index (χ0) is 16.1. The van der Waals surface area contributed by atoms with E-state index in [-0.39, 0.29) is 11.6 Å². The lowest BCUT2D eigenvalue weighted by Gasteiger charge is -2.34. The Morgan fingerprint density at radius 3 is 2.86 bits per heavy atom. The van der Waals surface area contributed by atoms with Gasteiger partial charge in [-0.15, -0.1) is 0 Å². The molecule has 120 valence electrons. The summed E-state index contributed by atoms with van der Waals surface area (Å²) in [4.78, 5) is 24.7. The summed E-state index contributed by atoms with van der Waals surface area (Å²) in [6.07, 6.45) is 2.14. The maximum Gasteiger partial charge on any atom is 0.293 e. The van der Waals surface area contributed by atoms with Crippen LogP contribution in [0, 0.1) is 16.0 Å². The number of anilines is 1. The van der Waals surface area contributed by atoms with Crippen molar-refractivity contribution in [3.63, 3.8) is 0 Å². The third kappa shape index (κ3) is 3.54. The molecule has 1 aliphatic rings. The lowest BCUT2D eigenvalue weighted by Crippen LogP contribution is -2.39. The highest BCUT2D eigenvalue weighted by Crippen LogP contribution is 2.32. The van der Waals surface area contributed by atoms with Crippen molar-refractivity contribution in [1.82, 2.24) is 10.6 Å². The van der Waals surface area contributed by atoms with Crippen LogP contribution in [0.3, 0.4) is 0 Å². The second-order valence-corrected chi connectivity index (χ2v) is 5.55. The molecule has 1 aromatic carbocycles. The Kier molecular flexibility index (Phi) is 5.32. The summed E-state index contributed by atoms with van der Waals surface area (Å²) < 4.78 is 0. The van der Waals surface area contributed by atoms with Crippen molar-refractivity contribution in [1.29, 1.82) is 0 Å². The highest BCUT2D eigenvalue weighted by molar-refractivity contribution is 5.95. The van der Waals surface area contributed by atoms with E-state index in [1.54, 1.807) is 12.1 Å². The second-order valence-electron chi connectivity index (χ2n) is 5.55. The molecule has 0 spiro atoms. The lowest BCUT2D eigenvalue weighted by atomic mass is 9.97. The standard InChI is InChI=1S/C15H22N4O3/c1-16-9-11-4-3-7-18(10-11)13-6-5-12(15(20)17-2)8-14(13)19(21)22/h5-6,8,11,16H,3-4,7,9-10H2,1-2H3,(H,17,20). The molecule has 0 aliphatic carbocycles. The number of amides is 1. The molecule has 1 amide bonds. The average molecular weight is 306 g/mol. The minimum atomic E-state index is -0.413. The Balaban J connectivity index is 2.29. The van der Waals surface area contributed by atoms with Gasteiger partial charge in [-0.2, -0.15) is 0 Å². The number of rotatable bonds is 5. The number of benzene rings is 1. The van der Waals surface area contributed by atoms with Gasteiger partial charge in [-0.3, -0.25) is 14.9 Å². The summed E-state index contributed by atoms with van der Waals surface area (Å²) in [7, 11) is 3.43. The normalized spacial score (nSPS) is 18.1. The number of nitrogens with zero attached hydrogens (tertiary/aromatic N) is 2. The Morgan fingerprint density at radius 2 is 2.23 bits per heavy atom. The molecule has 1 aliphatic heterocycles. The summed E-state index contributed by atoms with van der Waals surface area (Å²) in [6.45, 7) is 2.50. The summed E-state index contributed by atoms with van der Waals surface area (Å²) >= 11 is 0. The summed E-state index contributed by atoms with van der Waals surface area (Å²) in [5.41, 5.74) is 0.895. The number of piperidine rings is 1. The first-order valence-corrected chi connectivity index (χ1v) is 7.47. The van der Waals surface area contributed by atoms with E-state index in [9.17, 15) is 14.9 Å². The second kappa shape index (κ2) is 7.22. The molecule has 1 fully saturated rings. The van der Waals surface area contributed by atoms with E-state index in [2.05, 4.69) is 15.5 Å². The van der Waals surface area contributed by atoms with Gasteiger partial charge in [0.2, 0.25) is 0 Å². The van der Waals surface area contributed by atoms with Crippen LogP contribution in [0.25, 0.3) is 0 Å². The van der Waals surface area contributed by atoms with Gasteiger partial charge in [-0.1, -0.05) is 0 Å². The Morgan fingerprint density at radius 1 is 1.45 bits per heavy atom. The van der Waals surface area contributed by atoms with Crippen LogP contribution in [0.4, 0.5) is 11.4 Å². The molecule has 7 nitrogen and oxygen atoms in total. The molecule has 0 saturated carbocycles. The van der Waals surface area contributed by atoms with Crippen molar-refractivity contribution in [2.45, 2.75) is 12.8 Å². The quantitative estimate of drug-likeness (QED) is 0.634. The van der Waals surface area contributed by atoms with E-state index in [0.717, 1.165) is 32.5 Å². The van der Waals surface area contributed by atoms with Gasteiger partial charge in [-0.05, 0) is 44.5 Å². The van der Waals surface area contributed by atoms with E-state index in [1.165, 1.54) is 13.1 Å². The lowest BCUT2D eigenvalue weighted by molar-refractivity contribution is -0.384. The number of hydrogen-bond acceptors (Lipinski definition) is 5. The van der Waals surface area contributed by atoms with E-state index in [0.29, 0.717) is 17.2 Å². The van der Waals surface area contributed by atoms with E-state index in [4.69, 9.17) is 0 Å². The Hall–Kier alpha value is -2.15. The number of nitro groups is 1. The van der Waals surface area contributed by atoms with E-state index in [1.807, 2.05) is 7.05 Å². The zero-order valence-electron chi connectivity index (χ0n) is 13.0. The first-order chi connectivity index (χ1) is 10.6. The first-order valence-electron chi connectivity index (χ1n) is 7.47. The molecule has 0 bridgehead atoms. The number of nitro benzene ring substituents is 1. The smallest absolute Gasteiger partial charge is 0.293 e. The molecule has 1 unspecified atom stereocenters. The van der Waals surface area contributed by atoms with E-state index >= 15 is 0 Å². The molecule has 22 heavy (non-hydrogen) atoms. The van der Waals surface area contributed by atoms with Crippen LogP contribution < -0.4 is 15.5 Å². The van der Waals surface area contributed by atoms with Gasteiger partial charge in [0.1, 0.15) is 5.69 Å². The van der Waals surface area contributed by atoms with Crippen molar-refractivity contribution in [2.75, 3.05) is 38.6 Å². The van der Waals surface area contributed by atoms with Gasteiger partial charge >= 0.3 is 0 Å². The zero-order valence-corrected chi connectivity index (χ0v) is 13.0. The van der Waals surface area contributed by atoms with Crippen LogP contribution in [-0.2, 0) is 0 Å². The molecule has 2 N–H and O–H groups in total. The SMILES string of the molecule is CNCC1CCCN(c2ccc(C(=O)NC)cc2[N+](=O)[O-])C1. The number of carbonyl (C=O) groups excluding carboxylic acids is 1. The number of nitrogens with one attached hydrogen (secondary N) is 2. The molecule has 0 radical (unpaired) electrons. The molecule has 2 rings (SSSR count). The van der Waals surface area contributed by atoms with Gasteiger partial charge in [0, 0.05) is 31.8 Å². The van der Waals surface area contributed by atoms with Gasteiger partial charge in [0.25, 0.3) is 11.6 Å². The largest absolute Gasteiger partial charge is 0.366 e. The fraction of sp³-hybridized carbons (Fsp3) is 0.533. The molecular weight excluding hydrogens is 284 g/mol. The van der Waals surface area contributed by atoms with Crippen molar-refractivity contribution in [2.24, 2.45) is 5.92 Å². The van der Waals surface area contributed by atoms with Crippen LogP contribution in [0.5, 0.6) is 0 Å². The molecular formula is C15H22N4O3. The predicted octanol–water partition coefficient (Wildman–Crippen LogP) is 1.39. The number of hydrogen-bond donors (Lipinski definition) is 2. The van der Waals surface area contributed by atoms with Crippen LogP contribution in [-0.4, -0.2) is 44.6 Å². The van der Waals surface area contributed by atoms with Crippen LogP contribution >= 0.6 is 0 Å². The summed E-state index contributed by atoms with van der Waals surface area (Å²) in [5.74, 6) is 0.165. The number of carbonyl (C=O) groups is 1. The molecule has 1 atom stereocenters. The molecule has 1 aromatic rings. The molecule has 7 heteroatoms.